The van der Waals surface area contributed by atoms with E-state index in [1.165, 1.54) is 29.5 Å². The van der Waals surface area contributed by atoms with E-state index < -0.39 is 0 Å². The number of ether oxygens (including phenoxy) is 1. The van der Waals surface area contributed by atoms with Crippen molar-refractivity contribution < 1.29 is 4.74 Å². The van der Waals surface area contributed by atoms with Gasteiger partial charge in [0.2, 0.25) is 0 Å². The van der Waals surface area contributed by atoms with Gasteiger partial charge in [0.15, 0.2) is 0 Å². The molecule has 1 aromatic rings. The van der Waals surface area contributed by atoms with Crippen molar-refractivity contribution in [2.24, 2.45) is 5.92 Å². The van der Waals surface area contributed by atoms with Crippen LogP contribution < -0.4 is 10.1 Å². The first-order valence-corrected chi connectivity index (χ1v) is 6.56. The lowest BCUT2D eigenvalue weighted by Crippen LogP contribution is -2.23. The van der Waals surface area contributed by atoms with Crippen molar-refractivity contribution >= 4 is 0 Å². The van der Waals surface area contributed by atoms with Crippen LogP contribution in [0.25, 0.3) is 0 Å². The van der Waals surface area contributed by atoms with Crippen LogP contribution >= 0.6 is 0 Å². The van der Waals surface area contributed by atoms with Crippen molar-refractivity contribution in [2.45, 2.75) is 39.7 Å². The molecule has 1 N–H and O–H groups in total. The summed E-state index contributed by atoms with van der Waals surface area (Å²) >= 11 is 0. The first kappa shape index (κ1) is 12.4. The van der Waals surface area contributed by atoms with Crippen molar-refractivity contribution in [3.8, 4) is 5.75 Å². The Morgan fingerprint density at radius 1 is 1.35 bits per heavy atom. The average Bonchev–Trinajstić information content (AvgIpc) is 3.14. The van der Waals surface area contributed by atoms with Crippen LogP contribution in [0, 0.1) is 19.8 Å². The van der Waals surface area contributed by atoms with E-state index in [4.69, 9.17) is 4.74 Å². The topological polar surface area (TPSA) is 21.3 Å². The Hall–Kier alpha value is -1.02. The summed E-state index contributed by atoms with van der Waals surface area (Å²) in [5.74, 6) is 1.87. The molecule has 0 aromatic heterocycles. The number of methoxy groups -OCH3 is 1. The van der Waals surface area contributed by atoms with E-state index in [0.29, 0.717) is 6.04 Å². The third kappa shape index (κ3) is 2.47. The van der Waals surface area contributed by atoms with Gasteiger partial charge in [-0.2, -0.15) is 0 Å². The van der Waals surface area contributed by atoms with Gasteiger partial charge in [-0.1, -0.05) is 19.1 Å². The van der Waals surface area contributed by atoms with Crippen LogP contribution in [0.1, 0.15) is 42.5 Å². The number of hydrogen-bond donors (Lipinski definition) is 1. The SMILES string of the molecule is CCNC(c1ccc(C)c(C)c1OC)C1CC1. The molecule has 1 atom stereocenters. The fourth-order valence-electron chi connectivity index (χ4n) is 2.51. The van der Waals surface area contributed by atoms with Gasteiger partial charge < -0.3 is 10.1 Å². The molecule has 1 aliphatic carbocycles. The highest BCUT2D eigenvalue weighted by atomic mass is 16.5. The zero-order valence-electron chi connectivity index (χ0n) is 11.3. The van der Waals surface area contributed by atoms with E-state index in [2.05, 4.69) is 38.2 Å². The summed E-state index contributed by atoms with van der Waals surface area (Å²) in [5, 5.41) is 3.60. The second kappa shape index (κ2) is 5.09. The van der Waals surface area contributed by atoms with Gasteiger partial charge in [-0.3, -0.25) is 0 Å². The number of benzene rings is 1. The summed E-state index contributed by atoms with van der Waals surface area (Å²) in [6.07, 6.45) is 2.68. The van der Waals surface area contributed by atoms with Crippen LogP contribution in [0.2, 0.25) is 0 Å². The molecule has 0 bridgehead atoms. The van der Waals surface area contributed by atoms with E-state index in [1.807, 2.05) is 0 Å². The maximum absolute atomic E-state index is 5.62. The summed E-state index contributed by atoms with van der Waals surface area (Å²) < 4.78 is 5.62. The Bertz CT molecular complexity index is 396. The first-order valence-electron chi connectivity index (χ1n) is 6.56. The van der Waals surface area contributed by atoms with Gasteiger partial charge >= 0.3 is 0 Å². The summed E-state index contributed by atoms with van der Waals surface area (Å²) in [7, 11) is 1.78. The minimum absolute atomic E-state index is 0.467. The van der Waals surface area contributed by atoms with Gasteiger partial charge in [0, 0.05) is 11.6 Å². The van der Waals surface area contributed by atoms with Crippen molar-refractivity contribution in [3.05, 3.63) is 28.8 Å². The zero-order chi connectivity index (χ0) is 12.4. The van der Waals surface area contributed by atoms with Crippen molar-refractivity contribution in [3.63, 3.8) is 0 Å². The summed E-state index contributed by atoms with van der Waals surface area (Å²) in [5.41, 5.74) is 3.91. The Kier molecular flexibility index (Phi) is 3.72. The molecule has 0 spiro atoms. The largest absolute Gasteiger partial charge is 0.496 e. The predicted octanol–water partition coefficient (Wildman–Crippen LogP) is 3.37. The van der Waals surface area contributed by atoms with Crippen molar-refractivity contribution in [1.82, 2.24) is 5.32 Å². The summed E-state index contributed by atoms with van der Waals surface area (Å²) in [6.45, 7) is 7.47. The molecule has 0 amide bonds. The Morgan fingerprint density at radius 3 is 2.59 bits per heavy atom. The smallest absolute Gasteiger partial charge is 0.126 e. The summed E-state index contributed by atoms with van der Waals surface area (Å²) in [4.78, 5) is 0. The molecular formula is C15H23NO. The number of rotatable bonds is 5. The van der Waals surface area contributed by atoms with E-state index in [-0.39, 0.29) is 0 Å². The summed E-state index contributed by atoms with van der Waals surface area (Å²) in [6, 6.07) is 4.90. The highest BCUT2D eigenvalue weighted by Crippen LogP contribution is 2.44. The van der Waals surface area contributed by atoms with Crippen LogP contribution in [-0.4, -0.2) is 13.7 Å². The predicted molar refractivity (Wildman–Crippen MR) is 71.6 cm³/mol. The molecule has 0 aliphatic heterocycles. The number of hydrogen-bond acceptors (Lipinski definition) is 2. The standard InChI is InChI=1S/C15H23NO/c1-5-16-14(12-7-8-12)13-9-6-10(2)11(3)15(13)17-4/h6,9,12,14,16H,5,7-8H2,1-4H3. The maximum atomic E-state index is 5.62. The molecule has 2 heteroatoms. The second-order valence-electron chi connectivity index (χ2n) is 5.00. The van der Waals surface area contributed by atoms with Gasteiger partial charge in [-0.25, -0.2) is 0 Å². The minimum Gasteiger partial charge on any atom is -0.496 e. The maximum Gasteiger partial charge on any atom is 0.126 e. The molecule has 0 saturated heterocycles. The van der Waals surface area contributed by atoms with E-state index >= 15 is 0 Å². The Morgan fingerprint density at radius 2 is 2.06 bits per heavy atom. The fourth-order valence-corrected chi connectivity index (χ4v) is 2.51. The van der Waals surface area contributed by atoms with Crippen LogP contribution in [0.15, 0.2) is 12.1 Å². The normalized spacial score (nSPS) is 16.9. The highest BCUT2D eigenvalue weighted by molar-refractivity contribution is 5.47. The third-order valence-electron chi connectivity index (χ3n) is 3.76. The van der Waals surface area contributed by atoms with E-state index in [9.17, 15) is 0 Å². The number of aryl methyl sites for hydroxylation is 1. The molecule has 1 aromatic carbocycles. The van der Waals surface area contributed by atoms with Gasteiger partial charge in [0.1, 0.15) is 5.75 Å². The molecular weight excluding hydrogens is 210 g/mol. The van der Waals surface area contributed by atoms with Crippen LogP contribution in [0.4, 0.5) is 0 Å². The molecule has 1 aliphatic rings. The quantitative estimate of drug-likeness (QED) is 0.842. The monoisotopic (exact) mass is 233 g/mol. The van der Waals surface area contributed by atoms with Crippen LogP contribution in [0.5, 0.6) is 5.75 Å². The lowest BCUT2D eigenvalue weighted by molar-refractivity contribution is 0.389. The molecule has 0 heterocycles. The molecule has 1 saturated carbocycles. The molecule has 2 rings (SSSR count). The van der Waals surface area contributed by atoms with Crippen LogP contribution in [0.3, 0.4) is 0 Å². The van der Waals surface area contributed by atoms with Crippen LogP contribution in [-0.2, 0) is 0 Å². The van der Waals surface area contributed by atoms with E-state index in [1.54, 1.807) is 7.11 Å². The molecule has 1 fully saturated rings. The second-order valence-corrected chi connectivity index (χ2v) is 5.00. The Labute approximate surface area is 104 Å². The van der Waals surface area contributed by atoms with Gasteiger partial charge in [0.25, 0.3) is 0 Å². The zero-order valence-corrected chi connectivity index (χ0v) is 11.3. The molecule has 94 valence electrons. The third-order valence-corrected chi connectivity index (χ3v) is 3.76. The first-order chi connectivity index (χ1) is 8.19. The van der Waals surface area contributed by atoms with Gasteiger partial charge in [-0.15, -0.1) is 0 Å². The van der Waals surface area contributed by atoms with Gasteiger partial charge in [0.05, 0.1) is 7.11 Å². The molecule has 0 radical (unpaired) electrons. The number of nitrogens with one attached hydrogen (secondary N) is 1. The fraction of sp³-hybridized carbons (Fsp3) is 0.600. The average molecular weight is 233 g/mol. The van der Waals surface area contributed by atoms with Gasteiger partial charge in [-0.05, 0) is 50.3 Å². The van der Waals surface area contributed by atoms with Crippen molar-refractivity contribution in [2.75, 3.05) is 13.7 Å². The molecule has 17 heavy (non-hydrogen) atoms. The minimum atomic E-state index is 0.467. The van der Waals surface area contributed by atoms with Crippen molar-refractivity contribution in [1.29, 1.82) is 0 Å². The lowest BCUT2D eigenvalue weighted by Gasteiger charge is -2.22. The Balaban J connectivity index is 2.38. The lowest BCUT2D eigenvalue weighted by atomic mass is 9.96. The molecule has 2 nitrogen and oxygen atoms in total. The highest BCUT2D eigenvalue weighted by Gasteiger charge is 2.33. The van der Waals surface area contributed by atoms with E-state index in [0.717, 1.165) is 18.2 Å². The molecule has 1 unspecified atom stereocenters.